The van der Waals surface area contributed by atoms with Gasteiger partial charge in [0.1, 0.15) is 6.10 Å². The van der Waals surface area contributed by atoms with Gasteiger partial charge in [-0.2, -0.15) is 0 Å². The van der Waals surface area contributed by atoms with Gasteiger partial charge in [0, 0.05) is 19.1 Å². The van der Waals surface area contributed by atoms with Crippen LogP contribution < -0.4 is 0 Å². The zero-order valence-electron chi connectivity index (χ0n) is 10.9. The van der Waals surface area contributed by atoms with Crippen molar-refractivity contribution in [3.8, 4) is 0 Å². The van der Waals surface area contributed by atoms with Crippen molar-refractivity contribution in [3.05, 3.63) is 39.9 Å². The van der Waals surface area contributed by atoms with Gasteiger partial charge in [-0.3, -0.25) is 14.9 Å². The normalized spacial score (nSPS) is 22.8. The molecule has 1 aromatic carbocycles. The van der Waals surface area contributed by atoms with Crippen molar-refractivity contribution in [1.82, 2.24) is 0 Å². The van der Waals surface area contributed by atoms with Gasteiger partial charge in [-0.05, 0) is 37.2 Å². The highest BCUT2D eigenvalue weighted by Crippen LogP contribution is 2.34. The van der Waals surface area contributed by atoms with E-state index in [1.54, 1.807) is 12.1 Å². The SMILES string of the molecule is CC(=O)O[C@H]1CC[C@H](c2ccc([N+](=O)[O-])cc2)CC1. The molecule has 0 spiro atoms. The van der Waals surface area contributed by atoms with E-state index in [4.69, 9.17) is 4.74 Å². The Bertz CT molecular complexity index is 461. The smallest absolute Gasteiger partial charge is 0.302 e. The zero-order valence-corrected chi connectivity index (χ0v) is 10.9. The van der Waals surface area contributed by atoms with E-state index in [-0.39, 0.29) is 22.7 Å². The second-order valence-corrected chi connectivity index (χ2v) is 4.93. The largest absolute Gasteiger partial charge is 0.463 e. The molecule has 1 aliphatic carbocycles. The number of nitro groups is 1. The highest BCUT2D eigenvalue weighted by Gasteiger charge is 2.24. The van der Waals surface area contributed by atoms with Gasteiger partial charge in [-0.15, -0.1) is 0 Å². The number of hydrogen-bond donors (Lipinski definition) is 0. The molecule has 0 N–H and O–H groups in total. The van der Waals surface area contributed by atoms with Crippen LogP contribution in [0, 0.1) is 10.1 Å². The molecule has 1 aromatic rings. The fraction of sp³-hybridized carbons (Fsp3) is 0.500. The summed E-state index contributed by atoms with van der Waals surface area (Å²) >= 11 is 0. The van der Waals surface area contributed by atoms with Crippen molar-refractivity contribution in [2.24, 2.45) is 0 Å². The van der Waals surface area contributed by atoms with Gasteiger partial charge in [0.25, 0.3) is 5.69 Å². The monoisotopic (exact) mass is 263 g/mol. The van der Waals surface area contributed by atoms with Crippen LogP contribution in [0.2, 0.25) is 0 Å². The van der Waals surface area contributed by atoms with Gasteiger partial charge in [-0.1, -0.05) is 12.1 Å². The minimum absolute atomic E-state index is 0.0341. The molecule has 5 heteroatoms. The lowest BCUT2D eigenvalue weighted by Gasteiger charge is -2.28. The molecular formula is C14H17NO4. The first kappa shape index (κ1) is 13.5. The Morgan fingerprint density at radius 1 is 1.21 bits per heavy atom. The Balaban J connectivity index is 1.94. The minimum Gasteiger partial charge on any atom is -0.463 e. The number of carbonyl (C=O) groups is 1. The van der Waals surface area contributed by atoms with Crippen LogP contribution in [-0.4, -0.2) is 17.0 Å². The average Bonchev–Trinajstić information content (AvgIpc) is 2.39. The summed E-state index contributed by atoms with van der Waals surface area (Å²) in [5.74, 6) is 0.186. The topological polar surface area (TPSA) is 69.4 Å². The van der Waals surface area contributed by atoms with Crippen molar-refractivity contribution >= 4 is 11.7 Å². The molecule has 0 atom stereocenters. The van der Waals surface area contributed by atoms with E-state index in [2.05, 4.69) is 0 Å². The first-order valence-corrected chi connectivity index (χ1v) is 6.48. The van der Waals surface area contributed by atoms with Crippen molar-refractivity contribution in [3.63, 3.8) is 0 Å². The molecule has 5 nitrogen and oxygen atoms in total. The zero-order chi connectivity index (χ0) is 13.8. The minimum atomic E-state index is -0.388. The van der Waals surface area contributed by atoms with E-state index in [9.17, 15) is 14.9 Å². The van der Waals surface area contributed by atoms with Crippen molar-refractivity contribution in [1.29, 1.82) is 0 Å². The average molecular weight is 263 g/mol. The van der Waals surface area contributed by atoms with E-state index < -0.39 is 0 Å². The summed E-state index contributed by atoms with van der Waals surface area (Å²) in [6, 6.07) is 6.75. The van der Waals surface area contributed by atoms with Gasteiger partial charge in [0.05, 0.1) is 4.92 Å². The predicted octanol–water partition coefficient (Wildman–Crippen LogP) is 3.18. The number of benzene rings is 1. The molecule has 0 bridgehead atoms. The van der Waals surface area contributed by atoms with E-state index in [1.807, 2.05) is 12.1 Å². The van der Waals surface area contributed by atoms with Crippen LogP contribution in [-0.2, 0) is 9.53 Å². The van der Waals surface area contributed by atoms with Crippen LogP contribution in [0.1, 0.15) is 44.1 Å². The first-order valence-electron chi connectivity index (χ1n) is 6.48. The quantitative estimate of drug-likeness (QED) is 0.477. The molecule has 0 heterocycles. The first-order chi connectivity index (χ1) is 9.06. The van der Waals surface area contributed by atoms with Crippen LogP contribution in [0.5, 0.6) is 0 Å². The van der Waals surface area contributed by atoms with Gasteiger partial charge in [0.15, 0.2) is 0 Å². The van der Waals surface area contributed by atoms with Crippen LogP contribution in [0.25, 0.3) is 0 Å². The van der Waals surface area contributed by atoms with Crippen LogP contribution >= 0.6 is 0 Å². The lowest BCUT2D eigenvalue weighted by molar-refractivity contribution is -0.384. The highest BCUT2D eigenvalue weighted by molar-refractivity contribution is 5.66. The standard InChI is InChI=1S/C14H17NO4/c1-10(16)19-14-8-4-12(5-9-14)11-2-6-13(7-3-11)15(17)18/h2-3,6-7,12,14H,4-5,8-9H2,1H3/t12-,14-. The molecule has 1 aliphatic rings. The molecule has 0 radical (unpaired) electrons. The number of rotatable bonds is 3. The number of carbonyl (C=O) groups excluding carboxylic acids is 1. The van der Waals surface area contributed by atoms with Gasteiger partial charge in [0.2, 0.25) is 0 Å². The number of ether oxygens (including phenoxy) is 1. The molecule has 19 heavy (non-hydrogen) atoms. The summed E-state index contributed by atoms with van der Waals surface area (Å²) in [6.07, 6.45) is 3.67. The van der Waals surface area contributed by atoms with Crippen LogP contribution in [0.3, 0.4) is 0 Å². The second-order valence-electron chi connectivity index (χ2n) is 4.93. The summed E-state index contributed by atoms with van der Waals surface area (Å²) in [4.78, 5) is 21.1. The maximum atomic E-state index is 10.9. The Morgan fingerprint density at radius 3 is 2.26 bits per heavy atom. The van der Waals surface area contributed by atoms with Gasteiger partial charge in [-0.25, -0.2) is 0 Å². The Labute approximate surface area is 111 Å². The molecular weight excluding hydrogens is 246 g/mol. The van der Waals surface area contributed by atoms with Crippen molar-refractivity contribution in [2.45, 2.75) is 44.6 Å². The Hall–Kier alpha value is -1.91. The number of non-ortho nitro benzene ring substituents is 1. The van der Waals surface area contributed by atoms with Crippen molar-refractivity contribution in [2.75, 3.05) is 0 Å². The maximum Gasteiger partial charge on any atom is 0.302 e. The van der Waals surface area contributed by atoms with Crippen LogP contribution in [0.15, 0.2) is 24.3 Å². The summed E-state index contributed by atoms with van der Waals surface area (Å²) in [5, 5.41) is 10.6. The summed E-state index contributed by atoms with van der Waals surface area (Å²) in [7, 11) is 0. The molecule has 0 aromatic heterocycles. The lowest BCUT2D eigenvalue weighted by Crippen LogP contribution is -2.22. The van der Waals surface area contributed by atoms with Crippen LogP contribution in [0.4, 0.5) is 5.69 Å². The van der Waals surface area contributed by atoms with Gasteiger partial charge < -0.3 is 4.74 Å². The molecule has 0 aliphatic heterocycles. The maximum absolute atomic E-state index is 10.9. The third-order valence-electron chi connectivity index (χ3n) is 3.58. The predicted molar refractivity (Wildman–Crippen MR) is 69.9 cm³/mol. The summed E-state index contributed by atoms with van der Waals surface area (Å²) in [6.45, 7) is 1.43. The van der Waals surface area contributed by atoms with Gasteiger partial charge >= 0.3 is 5.97 Å². The van der Waals surface area contributed by atoms with E-state index in [0.717, 1.165) is 31.2 Å². The third-order valence-corrected chi connectivity index (χ3v) is 3.58. The Morgan fingerprint density at radius 2 is 1.79 bits per heavy atom. The number of esters is 1. The number of nitro benzene ring substituents is 1. The number of nitrogens with zero attached hydrogens (tertiary/aromatic N) is 1. The van der Waals surface area contributed by atoms with E-state index in [1.165, 1.54) is 6.92 Å². The molecule has 102 valence electrons. The summed E-state index contributed by atoms with van der Waals surface area (Å²) < 4.78 is 5.20. The fourth-order valence-electron chi connectivity index (χ4n) is 2.62. The molecule has 0 amide bonds. The van der Waals surface area contributed by atoms with E-state index in [0.29, 0.717) is 5.92 Å². The number of hydrogen-bond acceptors (Lipinski definition) is 4. The highest BCUT2D eigenvalue weighted by atomic mass is 16.6. The molecule has 1 fully saturated rings. The molecule has 2 rings (SSSR count). The second kappa shape index (κ2) is 5.82. The lowest BCUT2D eigenvalue weighted by atomic mass is 9.82. The summed E-state index contributed by atoms with van der Waals surface area (Å²) in [5.41, 5.74) is 1.25. The molecule has 0 saturated heterocycles. The van der Waals surface area contributed by atoms with Crippen molar-refractivity contribution < 1.29 is 14.5 Å². The molecule has 1 saturated carbocycles. The molecule has 0 unspecified atom stereocenters. The van der Waals surface area contributed by atoms with E-state index >= 15 is 0 Å². The Kier molecular flexibility index (Phi) is 4.14. The third kappa shape index (κ3) is 3.53. The fourth-order valence-corrected chi connectivity index (χ4v) is 2.62.